The smallest absolute Gasteiger partial charge is 0.246 e. The second-order valence-electron chi connectivity index (χ2n) is 7.00. The number of H-pyrrole nitrogens is 1. The molecule has 3 aromatic heterocycles. The number of nitrogens with one attached hydrogen (secondary N) is 2. The van der Waals surface area contributed by atoms with Crippen LogP contribution in [0.2, 0.25) is 5.02 Å². The SMILES string of the molecule is C=CC(=O)N1CC(COc2nc(Nc3ccn(C)n3)nc3[nH]cc(Cl)c23)C(OC)C1. The van der Waals surface area contributed by atoms with Crippen molar-refractivity contribution in [1.82, 2.24) is 29.6 Å². The Morgan fingerprint density at radius 2 is 2.30 bits per heavy atom. The summed E-state index contributed by atoms with van der Waals surface area (Å²) in [6, 6.07) is 1.81. The molecular formula is C19H22ClN7O3. The fraction of sp³-hybridized carbons (Fsp3) is 0.368. The number of nitrogens with zero attached hydrogens (tertiary/aromatic N) is 5. The molecular weight excluding hydrogens is 410 g/mol. The zero-order valence-electron chi connectivity index (χ0n) is 16.6. The number of carbonyl (C=O) groups excluding carboxylic acids is 1. The Labute approximate surface area is 177 Å². The zero-order chi connectivity index (χ0) is 21.3. The predicted octanol–water partition coefficient (Wildman–Crippen LogP) is 2.13. The maximum Gasteiger partial charge on any atom is 0.246 e. The first-order valence-corrected chi connectivity index (χ1v) is 9.74. The van der Waals surface area contributed by atoms with E-state index in [1.807, 2.05) is 19.3 Å². The molecule has 1 saturated heterocycles. The molecule has 0 spiro atoms. The van der Waals surface area contributed by atoms with Gasteiger partial charge in [0.2, 0.25) is 17.7 Å². The summed E-state index contributed by atoms with van der Waals surface area (Å²) in [5, 5.41) is 8.38. The Hall–Kier alpha value is -3.11. The third-order valence-corrected chi connectivity index (χ3v) is 5.31. The number of fused-ring (bicyclic) bond motifs is 1. The summed E-state index contributed by atoms with van der Waals surface area (Å²) in [5.74, 6) is 1.13. The number of rotatable bonds is 7. The van der Waals surface area contributed by atoms with Crippen LogP contribution < -0.4 is 10.1 Å². The minimum Gasteiger partial charge on any atom is -0.477 e. The van der Waals surface area contributed by atoms with Gasteiger partial charge in [0.15, 0.2) is 5.82 Å². The van der Waals surface area contributed by atoms with Gasteiger partial charge in [0.05, 0.1) is 23.1 Å². The van der Waals surface area contributed by atoms with Crippen molar-refractivity contribution in [1.29, 1.82) is 0 Å². The van der Waals surface area contributed by atoms with E-state index in [-0.39, 0.29) is 17.9 Å². The Morgan fingerprint density at radius 1 is 1.47 bits per heavy atom. The first-order chi connectivity index (χ1) is 14.5. The average Bonchev–Trinajstić information content (AvgIpc) is 3.44. The Kier molecular flexibility index (Phi) is 5.60. The number of methoxy groups -OCH3 is 1. The van der Waals surface area contributed by atoms with Gasteiger partial charge in [-0.05, 0) is 6.08 Å². The monoisotopic (exact) mass is 431 g/mol. The maximum atomic E-state index is 12.0. The lowest BCUT2D eigenvalue weighted by Crippen LogP contribution is -2.28. The molecule has 1 amide bonds. The van der Waals surface area contributed by atoms with E-state index < -0.39 is 0 Å². The molecule has 1 aliphatic rings. The van der Waals surface area contributed by atoms with Crippen LogP contribution in [0.5, 0.6) is 5.88 Å². The second-order valence-corrected chi connectivity index (χ2v) is 7.41. The van der Waals surface area contributed by atoms with E-state index in [0.29, 0.717) is 53.4 Å². The largest absolute Gasteiger partial charge is 0.477 e. The second kappa shape index (κ2) is 8.33. The van der Waals surface area contributed by atoms with Crippen molar-refractivity contribution in [3.05, 3.63) is 36.1 Å². The van der Waals surface area contributed by atoms with Crippen LogP contribution in [0.1, 0.15) is 0 Å². The Balaban J connectivity index is 1.56. The van der Waals surface area contributed by atoms with Crippen molar-refractivity contribution in [2.45, 2.75) is 6.10 Å². The van der Waals surface area contributed by atoms with Crippen LogP contribution in [-0.2, 0) is 16.6 Å². The summed E-state index contributed by atoms with van der Waals surface area (Å²) in [5.41, 5.74) is 0.543. The normalized spacial score (nSPS) is 18.7. The van der Waals surface area contributed by atoms with E-state index in [1.54, 1.807) is 22.9 Å². The van der Waals surface area contributed by atoms with E-state index in [9.17, 15) is 4.79 Å². The topological polar surface area (TPSA) is 110 Å². The molecule has 11 heteroatoms. The third kappa shape index (κ3) is 3.96. The number of anilines is 2. The van der Waals surface area contributed by atoms with Crippen molar-refractivity contribution in [3.63, 3.8) is 0 Å². The number of hydrogen-bond acceptors (Lipinski definition) is 7. The molecule has 3 aromatic rings. The number of likely N-dealkylation sites (tertiary alicyclic amines) is 1. The van der Waals surface area contributed by atoms with Gasteiger partial charge in [-0.2, -0.15) is 15.1 Å². The van der Waals surface area contributed by atoms with Gasteiger partial charge in [-0.25, -0.2) is 0 Å². The van der Waals surface area contributed by atoms with Gasteiger partial charge < -0.3 is 24.7 Å². The quantitative estimate of drug-likeness (QED) is 0.551. The highest BCUT2D eigenvalue weighted by molar-refractivity contribution is 6.35. The lowest BCUT2D eigenvalue weighted by molar-refractivity contribution is -0.125. The summed E-state index contributed by atoms with van der Waals surface area (Å²) in [6.45, 7) is 4.85. The molecule has 1 fully saturated rings. The third-order valence-electron chi connectivity index (χ3n) is 5.01. The van der Waals surface area contributed by atoms with Crippen LogP contribution in [-0.4, -0.2) is 68.4 Å². The van der Waals surface area contributed by atoms with Crippen LogP contribution in [0.25, 0.3) is 11.0 Å². The fourth-order valence-electron chi connectivity index (χ4n) is 3.48. The molecule has 1 aliphatic heterocycles. The van der Waals surface area contributed by atoms with Crippen LogP contribution in [0.15, 0.2) is 31.1 Å². The summed E-state index contributed by atoms with van der Waals surface area (Å²) in [7, 11) is 3.45. The molecule has 0 radical (unpaired) electrons. The van der Waals surface area contributed by atoms with Gasteiger partial charge in [-0.3, -0.25) is 9.48 Å². The average molecular weight is 432 g/mol. The molecule has 10 nitrogen and oxygen atoms in total. The van der Waals surface area contributed by atoms with Crippen molar-refractivity contribution >= 4 is 40.3 Å². The van der Waals surface area contributed by atoms with Gasteiger partial charge in [-0.1, -0.05) is 18.2 Å². The molecule has 0 bridgehead atoms. The van der Waals surface area contributed by atoms with Crippen molar-refractivity contribution in [2.75, 3.05) is 32.1 Å². The van der Waals surface area contributed by atoms with Gasteiger partial charge >= 0.3 is 0 Å². The lowest BCUT2D eigenvalue weighted by atomic mass is 10.1. The highest BCUT2D eigenvalue weighted by Gasteiger charge is 2.35. The van der Waals surface area contributed by atoms with Crippen LogP contribution in [0.4, 0.5) is 11.8 Å². The van der Waals surface area contributed by atoms with E-state index in [0.717, 1.165) is 0 Å². The summed E-state index contributed by atoms with van der Waals surface area (Å²) >= 11 is 6.31. The van der Waals surface area contributed by atoms with E-state index in [4.69, 9.17) is 21.1 Å². The number of aromatic nitrogens is 5. The summed E-state index contributed by atoms with van der Waals surface area (Å²) in [4.78, 5) is 25.6. The molecule has 2 N–H and O–H groups in total. The number of carbonyl (C=O) groups is 1. The predicted molar refractivity (Wildman–Crippen MR) is 112 cm³/mol. The molecule has 4 heterocycles. The van der Waals surface area contributed by atoms with Crippen molar-refractivity contribution in [2.24, 2.45) is 13.0 Å². The molecule has 4 rings (SSSR count). The van der Waals surface area contributed by atoms with Gasteiger partial charge in [0.25, 0.3) is 0 Å². The van der Waals surface area contributed by atoms with Crippen LogP contribution in [0.3, 0.4) is 0 Å². The van der Waals surface area contributed by atoms with Gasteiger partial charge in [0, 0.05) is 51.6 Å². The molecule has 0 aromatic carbocycles. The van der Waals surface area contributed by atoms with Crippen molar-refractivity contribution in [3.8, 4) is 5.88 Å². The number of hydrogen-bond donors (Lipinski definition) is 2. The standard InChI is InChI=1S/C19H22ClN7O3/c1-4-15(28)27-8-11(13(9-27)29-3)10-30-18-16-12(20)7-21-17(16)23-19(24-18)22-14-5-6-26(2)25-14/h4-7,11,13H,1,8-10H2,2-3H3,(H2,21,22,23,24,25). The number of aryl methyl sites for hydroxylation is 1. The fourth-order valence-corrected chi connectivity index (χ4v) is 3.71. The molecule has 0 aliphatic carbocycles. The van der Waals surface area contributed by atoms with E-state index in [2.05, 4.69) is 31.9 Å². The number of ether oxygens (including phenoxy) is 2. The Bertz CT molecular complexity index is 1080. The van der Waals surface area contributed by atoms with E-state index in [1.165, 1.54) is 6.08 Å². The Morgan fingerprint density at radius 3 is 3.00 bits per heavy atom. The molecule has 2 atom stereocenters. The highest BCUT2D eigenvalue weighted by Crippen LogP contribution is 2.32. The molecule has 0 saturated carbocycles. The highest BCUT2D eigenvalue weighted by atomic mass is 35.5. The van der Waals surface area contributed by atoms with Crippen LogP contribution in [0, 0.1) is 5.92 Å². The van der Waals surface area contributed by atoms with Crippen molar-refractivity contribution < 1.29 is 14.3 Å². The molecule has 2 unspecified atom stereocenters. The lowest BCUT2D eigenvalue weighted by Gasteiger charge is -2.17. The van der Waals surface area contributed by atoms with Gasteiger partial charge in [0.1, 0.15) is 5.65 Å². The molecule has 158 valence electrons. The first-order valence-electron chi connectivity index (χ1n) is 9.36. The number of aromatic amines is 1. The minimum atomic E-state index is -0.140. The first kappa shape index (κ1) is 20.2. The summed E-state index contributed by atoms with van der Waals surface area (Å²) in [6.07, 6.45) is 4.61. The van der Waals surface area contributed by atoms with Crippen LogP contribution >= 0.6 is 11.6 Å². The molecule has 30 heavy (non-hydrogen) atoms. The minimum absolute atomic E-state index is 0.0196. The van der Waals surface area contributed by atoms with Gasteiger partial charge in [-0.15, -0.1) is 0 Å². The maximum absolute atomic E-state index is 12.0. The number of halogens is 1. The van der Waals surface area contributed by atoms with E-state index >= 15 is 0 Å². The zero-order valence-corrected chi connectivity index (χ0v) is 17.4. The number of amides is 1. The summed E-state index contributed by atoms with van der Waals surface area (Å²) < 4.78 is 13.3.